The van der Waals surface area contributed by atoms with E-state index in [1.165, 1.54) is 18.2 Å². The van der Waals surface area contributed by atoms with Crippen molar-refractivity contribution in [2.45, 2.75) is 0 Å². The van der Waals surface area contributed by atoms with E-state index in [2.05, 4.69) is 4.98 Å². The smallest absolute Gasteiger partial charge is 0.336 e. The minimum Gasteiger partial charge on any atom is -0.478 e. The van der Waals surface area contributed by atoms with Gasteiger partial charge in [-0.25, -0.2) is 4.79 Å². The van der Waals surface area contributed by atoms with Crippen LogP contribution in [-0.4, -0.2) is 16.1 Å². The summed E-state index contributed by atoms with van der Waals surface area (Å²) in [5, 5.41) is 28.5. The normalized spacial score (nSPS) is 10.1. The Kier molecular flexibility index (Phi) is 4.86. The van der Waals surface area contributed by atoms with Gasteiger partial charge >= 0.3 is 5.97 Å². The molecule has 2 aromatic carbocycles. The highest BCUT2D eigenvalue weighted by Gasteiger charge is 2.18. The molecule has 7 nitrogen and oxygen atoms in total. The third-order valence-corrected chi connectivity index (χ3v) is 4.40. The number of H-pyrrole nitrogens is 1. The van der Waals surface area contributed by atoms with Crippen molar-refractivity contribution >= 4 is 23.4 Å². The van der Waals surface area contributed by atoms with Crippen molar-refractivity contribution in [3.63, 3.8) is 0 Å². The van der Waals surface area contributed by atoms with E-state index in [9.17, 15) is 25.2 Å². The summed E-state index contributed by atoms with van der Waals surface area (Å²) in [5.74, 6) is -1.23. The number of aromatic nitrogens is 1. The van der Waals surface area contributed by atoms with Gasteiger partial charge in [-0.2, -0.15) is 10.5 Å². The Balaban J connectivity index is 2.21. The molecule has 0 saturated carbocycles. The number of benzene rings is 2. The minimum absolute atomic E-state index is 0.0159. The summed E-state index contributed by atoms with van der Waals surface area (Å²) < 4.78 is 0. The van der Waals surface area contributed by atoms with Crippen LogP contribution in [0.5, 0.6) is 0 Å². The summed E-state index contributed by atoms with van der Waals surface area (Å²) in [6, 6.07) is 14.5. The Morgan fingerprint density at radius 3 is 2.21 bits per heavy atom. The molecule has 3 aromatic rings. The van der Waals surface area contributed by atoms with Gasteiger partial charge in [0.1, 0.15) is 29.1 Å². The van der Waals surface area contributed by atoms with Gasteiger partial charge in [0.2, 0.25) is 0 Å². The van der Waals surface area contributed by atoms with Crippen LogP contribution in [0.2, 0.25) is 5.02 Å². The van der Waals surface area contributed by atoms with Crippen molar-refractivity contribution in [1.82, 2.24) is 4.98 Å². The topological polar surface area (TPSA) is 144 Å². The van der Waals surface area contributed by atoms with Gasteiger partial charge in [0.25, 0.3) is 5.56 Å². The van der Waals surface area contributed by atoms with Crippen LogP contribution >= 0.6 is 11.6 Å². The van der Waals surface area contributed by atoms with Crippen LogP contribution in [0.15, 0.2) is 47.3 Å². The lowest BCUT2D eigenvalue weighted by Gasteiger charge is -2.11. The zero-order chi connectivity index (χ0) is 20.4. The Morgan fingerprint density at radius 2 is 1.64 bits per heavy atom. The molecule has 4 N–H and O–H groups in total. The van der Waals surface area contributed by atoms with Crippen LogP contribution in [-0.2, 0) is 0 Å². The summed E-state index contributed by atoms with van der Waals surface area (Å²) in [6.07, 6.45) is 0. The lowest BCUT2D eigenvalue weighted by Crippen LogP contribution is -2.16. The second-order valence-electron chi connectivity index (χ2n) is 5.79. The van der Waals surface area contributed by atoms with Crippen LogP contribution in [0.1, 0.15) is 21.5 Å². The van der Waals surface area contributed by atoms with Crippen molar-refractivity contribution < 1.29 is 9.90 Å². The van der Waals surface area contributed by atoms with Crippen LogP contribution in [0, 0.1) is 22.7 Å². The Labute approximate surface area is 163 Å². The first kappa shape index (κ1) is 18.7. The third-order valence-electron chi connectivity index (χ3n) is 4.16. The molecule has 1 heterocycles. The maximum atomic E-state index is 12.0. The Bertz CT molecular complexity index is 1250. The van der Waals surface area contributed by atoms with E-state index in [0.717, 1.165) is 0 Å². The standard InChI is InChI=1S/C20H11ClN4O3/c21-12-5-6-13(20(27)28)14(7-12)10-1-3-11(4-2-10)17-15(8-22)18(24)25-19(26)16(17)9-23/h1-7H,(H,27,28)(H3,24,25,26). The number of carboxylic acid groups (broad SMARTS) is 1. The predicted octanol–water partition coefficient (Wildman–Crippen LogP) is 3.39. The highest BCUT2D eigenvalue weighted by atomic mass is 35.5. The number of rotatable bonds is 3. The van der Waals surface area contributed by atoms with Crippen molar-refractivity contribution in [2.75, 3.05) is 5.73 Å². The van der Waals surface area contributed by atoms with Crippen molar-refractivity contribution in [1.29, 1.82) is 10.5 Å². The Morgan fingerprint density at radius 1 is 1.04 bits per heavy atom. The second kappa shape index (κ2) is 7.28. The van der Waals surface area contributed by atoms with E-state index in [4.69, 9.17) is 17.3 Å². The minimum atomic E-state index is -1.10. The molecule has 8 heteroatoms. The molecule has 0 saturated heterocycles. The number of pyridine rings is 1. The zero-order valence-electron chi connectivity index (χ0n) is 14.2. The van der Waals surface area contributed by atoms with E-state index in [1.54, 1.807) is 30.3 Å². The number of nitriles is 2. The number of carboxylic acids is 1. The summed E-state index contributed by atoms with van der Waals surface area (Å²) >= 11 is 6.00. The quantitative estimate of drug-likeness (QED) is 0.625. The maximum absolute atomic E-state index is 12.0. The first-order chi connectivity index (χ1) is 13.4. The second-order valence-corrected chi connectivity index (χ2v) is 6.23. The van der Waals surface area contributed by atoms with Crippen molar-refractivity contribution in [3.8, 4) is 34.4 Å². The molecule has 0 bridgehead atoms. The van der Waals surface area contributed by atoms with Gasteiger partial charge in [-0.3, -0.25) is 4.79 Å². The average molecular weight is 391 g/mol. The molecule has 0 amide bonds. The molecule has 0 aliphatic rings. The lowest BCUT2D eigenvalue weighted by atomic mass is 9.93. The van der Waals surface area contributed by atoms with E-state index in [-0.39, 0.29) is 28.1 Å². The molecule has 0 atom stereocenters. The van der Waals surface area contributed by atoms with E-state index in [1.807, 2.05) is 6.07 Å². The number of halogens is 1. The fourth-order valence-corrected chi connectivity index (χ4v) is 3.06. The molecular weight excluding hydrogens is 380 g/mol. The van der Waals surface area contributed by atoms with E-state index >= 15 is 0 Å². The summed E-state index contributed by atoms with van der Waals surface area (Å²) in [4.78, 5) is 25.8. The molecule has 0 spiro atoms. The molecule has 0 aliphatic heterocycles. The molecule has 136 valence electrons. The first-order valence-electron chi connectivity index (χ1n) is 7.87. The summed E-state index contributed by atoms with van der Waals surface area (Å²) in [5.41, 5.74) is 6.39. The molecule has 3 rings (SSSR count). The van der Waals surface area contributed by atoms with Gasteiger partial charge in [-0.15, -0.1) is 0 Å². The predicted molar refractivity (Wildman–Crippen MR) is 104 cm³/mol. The number of nitrogens with one attached hydrogen (secondary N) is 1. The van der Waals surface area contributed by atoms with Crippen LogP contribution in [0.4, 0.5) is 5.82 Å². The number of nitrogens with zero attached hydrogens (tertiary/aromatic N) is 2. The van der Waals surface area contributed by atoms with E-state index < -0.39 is 11.5 Å². The van der Waals surface area contributed by atoms with Gasteiger partial charge in [-0.05, 0) is 34.9 Å². The number of anilines is 1. The number of carbonyl (C=O) groups is 1. The average Bonchev–Trinajstić information content (AvgIpc) is 2.67. The first-order valence-corrected chi connectivity index (χ1v) is 8.24. The molecule has 28 heavy (non-hydrogen) atoms. The Hall–Kier alpha value is -4.07. The number of nitrogen functional groups attached to an aromatic ring is 1. The van der Waals surface area contributed by atoms with Gasteiger partial charge in [0.05, 0.1) is 5.56 Å². The molecule has 0 fully saturated rings. The molecule has 0 unspecified atom stereocenters. The zero-order valence-corrected chi connectivity index (χ0v) is 14.9. The molecule has 0 radical (unpaired) electrons. The van der Waals surface area contributed by atoms with Crippen LogP contribution in [0.25, 0.3) is 22.3 Å². The lowest BCUT2D eigenvalue weighted by molar-refractivity contribution is 0.0697. The van der Waals surface area contributed by atoms with E-state index in [0.29, 0.717) is 21.7 Å². The highest BCUT2D eigenvalue weighted by Crippen LogP contribution is 2.32. The summed E-state index contributed by atoms with van der Waals surface area (Å²) in [6.45, 7) is 0. The third kappa shape index (κ3) is 3.18. The van der Waals surface area contributed by atoms with Crippen molar-refractivity contribution in [3.05, 3.63) is 74.5 Å². The monoisotopic (exact) mass is 390 g/mol. The number of aromatic carboxylic acids is 1. The molecular formula is C20H11ClN4O3. The number of hydrogen-bond acceptors (Lipinski definition) is 5. The number of nitrogens with two attached hydrogens (primary N) is 1. The van der Waals surface area contributed by atoms with Crippen molar-refractivity contribution in [2.24, 2.45) is 0 Å². The van der Waals surface area contributed by atoms with Gasteiger partial charge in [0.15, 0.2) is 0 Å². The maximum Gasteiger partial charge on any atom is 0.336 e. The van der Waals surface area contributed by atoms with Crippen LogP contribution in [0.3, 0.4) is 0 Å². The largest absolute Gasteiger partial charge is 0.478 e. The van der Waals surface area contributed by atoms with Gasteiger partial charge < -0.3 is 15.8 Å². The highest BCUT2D eigenvalue weighted by molar-refractivity contribution is 6.31. The molecule has 0 aliphatic carbocycles. The number of aromatic amines is 1. The van der Waals surface area contributed by atoms with Gasteiger partial charge in [-0.1, -0.05) is 35.9 Å². The summed E-state index contributed by atoms with van der Waals surface area (Å²) in [7, 11) is 0. The van der Waals surface area contributed by atoms with Crippen LogP contribution < -0.4 is 11.3 Å². The SMILES string of the molecule is N#Cc1c(N)[nH]c(=O)c(C#N)c1-c1ccc(-c2cc(Cl)ccc2C(=O)O)cc1. The fourth-order valence-electron chi connectivity index (χ4n) is 2.89. The van der Waals surface area contributed by atoms with Gasteiger partial charge in [0, 0.05) is 10.6 Å². The number of hydrogen-bond donors (Lipinski definition) is 3. The fraction of sp³-hybridized carbons (Fsp3) is 0. The molecule has 1 aromatic heterocycles.